The number of hydrogen-bond acceptors (Lipinski definition) is 9. The molecule has 1 aliphatic rings. The van der Waals surface area contributed by atoms with Crippen molar-refractivity contribution in [2.75, 3.05) is 6.61 Å². The van der Waals surface area contributed by atoms with Crippen molar-refractivity contribution >= 4 is 33.8 Å². The smallest absolute Gasteiger partial charge is 0.168 e. The fourth-order valence-electron chi connectivity index (χ4n) is 4.24. The summed E-state index contributed by atoms with van der Waals surface area (Å²) in [6.45, 7) is -0.488. The molecule has 1 saturated heterocycles. The predicted octanol–water partition coefficient (Wildman–Crippen LogP) is 1.85. The van der Waals surface area contributed by atoms with Crippen LogP contribution in [-0.2, 0) is 18.2 Å². The summed E-state index contributed by atoms with van der Waals surface area (Å²) in [5.74, 6) is 0. The van der Waals surface area contributed by atoms with Crippen LogP contribution >= 0.6 is 22.9 Å². The second-order valence-corrected chi connectivity index (χ2v) is 9.74. The van der Waals surface area contributed by atoms with E-state index in [1.165, 1.54) is 11.3 Å². The van der Waals surface area contributed by atoms with Gasteiger partial charge in [0.25, 0.3) is 0 Å². The van der Waals surface area contributed by atoms with E-state index < -0.39 is 37.1 Å². The number of aryl methyl sites for hydroxylation is 1. The Balaban J connectivity index is 1.42. The number of ether oxygens (including phenoxy) is 1. The molecule has 0 aliphatic carbocycles. The van der Waals surface area contributed by atoms with Gasteiger partial charge >= 0.3 is 0 Å². The minimum absolute atomic E-state index is 0.395. The first-order valence-corrected chi connectivity index (χ1v) is 11.9. The monoisotopic (exact) mass is 502 g/mol. The lowest BCUT2D eigenvalue weighted by Gasteiger charge is -2.40. The Hall–Kier alpha value is -2.44. The van der Waals surface area contributed by atoms with Gasteiger partial charge in [-0.25, -0.2) is 0 Å². The van der Waals surface area contributed by atoms with Crippen LogP contribution in [0.4, 0.5) is 0 Å². The van der Waals surface area contributed by atoms with Crippen LogP contribution in [0.5, 0.6) is 0 Å². The van der Waals surface area contributed by atoms with Gasteiger partial charge in [-0.2, -0.15) is 5.10 Å². The molecule has 2 aromatic carbocycles. The molecule has 5 rings (SSSR count). The van der Waals surface area contributed by atoms with Crippen molar-refractivity contribution in [2.24, 2.45) is 7.05 Å². The number of nitrogens with zero attached hydrogens (tertiary/aromatic N) is 4. The summed E-state index contributed by atoms with van der Waals surface area (Å²) >= 11 is 7.86. The molecule has 0 radical (unpaired) electrons. The maximum absolute atomic E-state index is 10.5. The quantitative estimate of drug-likeness (QED) is 0.325. The highest BCUT2D eigenvalue weighted by atomic mass is 35.5. The van der Waals surface area contributed by atoms with Crippen molar-refractivity contribution in [1.29, 1.82) is 0 Å². The van der Waals surface area contributed by atoms with E-state index in [2.05, 4.69) is 15.3 Å². The molecule has 0 unspecified atom stereocenters. The standard InChI is InChI=1S/C23H23ClN4O5S/c1-28-15-5-3-2-4-13(15)18(27-28)23-26-25-17(34-23)9-12-8-11(6-7-14(12)24)22-21(32)20(31)19(30)16(10-29)33-22/h2-8,16,19-22,29-32H,9-10H2,1H3/t16-,19-,20+,21-,22+/m1/s1. The molecule has 34 heavy (non-hydrogen) atoms. The molecular formula is C23H23ClN4O5S. The van der Waals surface area contributed by atoms with E-state index in [1.807, 2.05) is 36.0 Å². The Morgan fingerprint density at radius 3 is 2.65 bits per heavy atom. The number of aliphatic hydroxyl groups is 4. The number of rotatable bonds is 5. The highest BCUT2D eigenvalue weighted by molar-refractivity contribution is 7.14. The number of para-hydroxylation sites is 1. The number of benzene rings is 2. The maximum atomic E-state index is 10.5. The molecule has 4 N–H and O–H groups in total. The number of hydrogen-bond donors (Lipinski definition) is 4. The zero-order valence-corrected chi connectivity index (χ0v) is 19.7. The van der Waals surface area contributed by atoms with E-state index in [0.29, 0.717) is 22.0 Å². The lowest BCUT2D eigenvalue weighted by Crippen LogP contribution is -2.55. The van der Waals surface area contributed by atoms with E-state index in [1.54, 1.807) is 18.2 Å². The lowest BCUT2D eigenvalue weighted by atomic mass is 9.90. The number of aliphatic hydroxyl groups excluding tert-OH is 4. The minimum atomic E-state index is -1.45. The predicted molar refractivity (Wildman–Crippen MR) is 127 cm³/mol. The third kappa shape index (κ3) is 4.11. The molecule has 4 aromatic rings. The fourth-order valence-corrected chi connectivity index (χ4v) is 5.29. The van der Waals surface area contributed by atoms with Gasteiger partial charge in [0.05, 0.1) is 12.1 Å². The van der Waals surface area contributed by atoms with Crippen LogP contribution < -0.4 is 0 Å². The van der Waals surface area contributed by atoms with Gasteiger partial charge in [0.15, 0.2) is 5.01 Å². The first-order chi connectivity index (χ1) is 16.4. The van der Waals surface area contributed by atoms with Crippen molar-refractivity contribution < 1.29 is 25.2 Å². The second-order valence-electron chi connectivity index (χ2n) is 8.27. The van der Waals surface area contributed by atoms with Gasteiger partial charge in [-0.15, -0.1) is 10.2 Å². The Kier molecular flexibility index (Phi) is 6.38. The third-order valence-corrected chi connectivity index (χ3v) is 7.36. The van der Waals surface area contributed by atoms with Gasteiger partial charge in [-0.1, -0.05) is 53.3 Å². The van der Waals surface area contributed by atoms with Crippen LogP contribution in [0.25, 0.3) is 21.6 Å². The highest BCUT2D eigenvalue weighted by Gasteiger charge is 2.44. The molecule has 1 fully saturated rings. The van der Waals surface area contributed by atoms with Crippen molar-refractivity contribution in [1.82, 2.24) is 20.0 Å². The maximum Gasteiger partial charge on any atom is 0.168 e. The summed E-state index contributed by atoms with van der Waals surface area (Å²) in [5.41, 5.74) is 3.08. The average Bonchev–Trinajstić information content (AvgIpc) is 3.44. The van der Waals surface area contributed by atoms with Crippen LogP contribution in [0.2, 0.25) is 5.02 Å². The van der Waals surface area contributed by atoms with E-state index in [9.17, 15) is 20.4 Å². The molecule has 5 atom stereocenters. The van der Waals surface area contributed by atoms with Crippen LogP contribution in [0.3, 0.4) is 0 Å². The zero-order chi connectivity index (χ0) is 24.0. The largest absolute Gasteiger partial charge is 0.394 e. The van der Waals surface area contributed by atoms with Crippen molar-refractivity contribution in [3.05, 3.63) is 63.6 Å². The Morgan fingerprint density at radius 1 is 1.06 bits per heavy atom. The normalized spacial score (nSPS) is 25.2. The zero-order valence-electron chi connectivity index (χ0n) is 18.1. The fraction of sp³-hybridized carbons (Fsp3) is 0.348. The summed E-state index contributed by atoms with van der Waals surface area (Å²) in [4.78, 5) is 0. The molecule has 1 aliphatic heterocycles. The highest BCUT2D eigenvalue weighted by Crippen LogP contribution is 2.35. The van der Waals surface area contributed by atoms with Gasteiger partial charge in [0.1, 0.15) is 41.2 Å². The SMILES string of the molecule is Cn1nc(-c2nnc(Cc3cc([C@@H]4O[C@H](CO)[C@@H](O)[C@H](O)[C@H]4O)ccc3Cl)s2)c2ccccc21. The van der Waals surface area contributed by atoms with Crippen LogP contribution in [0.1, 0.15) is 22.2 Å². The van der Waals surface area contributed by atoms with Gasteiger partial charge in [-0.05, 0) is 23.3 Å². The molecule has 3 heterocycles. The molecule has 178 valence electrons. The van der Waals surface area contributed by atoms with E-state index in [0.717, 1.165) is 27.2 Å². The van der Waals surface area contributed by atoms with Crippen LogP contribution in [0.15, 0.2) is 42.5 Å². The van der Waals surface area contributed by atoms with Crippen molar-refractivity contribution in [3.8, 4) is 10.7 Å². The summed E-state index contributed by atoms with van der Waals surface area (Å²) < 4.78 is 7.49. The summed E-state index contributed by atoms with van der Waals surface area (Å²) in [6.07, 6.45) is -5.75. The number of halogens is 1. The third-order valence-electron chi connectivity index (χ3n) is 6.06. The van der Waals surface area contributed by atoms with Crippen molar-refractivity contribution in [2.45, 2.75) is 36.9 Å². The van der Waals surface area contributed by atoms with Gasteiger partial charge in [0.2, 0.25) is 0 Å². The number of aromatic nitrogens is 4. The lowest BCUT2D eigenvalue weighted by molar-refractivity contribution is -0.231. The first-order valence-electron chi connectivity index (χ1n) is 10.7. The van der Waals surface area contributed by atoms with Gasteiger partial charge in [-0.3, -0.25) is 4.68 Å². The second kappa shape index (κ2) is 9.31. The number of fused-ring (bicyclic) bond motifs is 1. The van der Waals surface area contributed by atoms with E-state index in [4.69, 9.17) is 16.3 Å². The molecular weight excluding hydrogens is 480 g/mol. The van der Waals surface area contributed by atoms with Crippen molar-refractivity contribution in [3.63, 3.8) is 0 Å². The molecule has 11 heteroatoms. The summed E-state index contributed by atoms with van der Waals surface area (Å²) in [6, 6.07) is 13.1. The molecule has 0 bridgehead atoms. The molecule has 0 spiro atoms. The summed E-state index contributed by atoms with van der Waals surface area (Å²) in [7, 11) is 1.89. The molecule has 9 nitrogen and oxygen atoms in total. The first kappa shape index (κ1) is 23.3. The van der Waals surface area contributed by atoms with Gasteiger partial charge < -0.3 is 25.2 Å². The average molecular weight is 503 g/mol. The van der Waals surface area contributed by atoms with E-state index >= 15 is 0 Å². The summed E-state index contributed by atoms with van der Waals surface area (Å²) in [5, 5.41) is 56.3. The Labute approximate surface area is 203 Å². The molecule has 2 aromatic heterocycles. The topological polar surface area (TPSA) is 134 Å². The van der Waals surface area contributed by atoms with Crippen LogP contribution in [-0.4, -0.2) is 71.4 Å². The van der Waals surface area contributed by atoms with E-state index in [-0.39, 0.29) is 0 Å². The van der Waals surface area contributed by atoms with Gasteiger partial charge in [0, 0.05) is 23.9 Å². The Bertz CT molecular complexity index is 1330. The minimum Gasteiger partial charge on any atom is -0.394 e. The molecule has 0 saturated carbocycles. The van der Waals surface area contributed by atoms with Crippen LogP contribution in [0, 0.1) is 0 Å². The molecule has 0 amide bonds. The Morgan fingerprint density at radius 2 is 1.85 bits per heavy atom.